The van der Waals surface area contributed by atoms with Crippen LogP contribution in [0.4, 0.5) is 0 Å². The predicted octanol–water partition coefficient (Wildman–Crippen LogP) is 2.81. The Kier molecular flexibility index (Phi) is 6.05. The number of carbonyl (C=O) groups is 1. The van der Waals surface area contributed by atoms with Gasteiger partial charge in [0.25, 0.3) is 0 Å². The molecule has 0 fully saturated rings. The van der Waals surface area contributed by atoms with Gasteiger partial charge in [-0.05, 0) is 24.3 Å². The number of nitrogens with two attached hydrogens (primary N) is 1. The van der Waals surface area contributed by atoms with Gasteiger partial charge in [-0.2, -0.15) is 0 Å². The fourth-order valence-electron chi connectivity index (χ4n) is 2.33. The molecule has 0 aromatic heterocycles. The summed E-state index contributed by atoms with van der Waals surface area (Å²) < 4.78 is 5.71. The number of halogens is 1. The summed E-state index contributed by atoms with van der Waals surface area (Å²) in [6.07, 6.45) is 1.80. The van der Waals surface area contributed by atoms with Gasteiger partial charge in [0, 0.05) is 5.56 Å². The maximum atomic E-state index is 12.3. The Morgan fingerprint density at radius 1 is 1.38 bits per heavy atom. The lowest BCUT2D eigenvalue weighted by atomic mass is 9.86. The molecule has 2 atom stereocenters. The van der Waals surface area contributed by atoms with E-state index in [-0.39, 0.29) is 29.8 Å². The second-order valence-electron chi connectivity index (χ2n) is 6.43. The standard InChI is InChI=1S/C16H24N2O2.ClH/c1-16(2,3)14(17)15(19)18-12-8-6-10-20-13-9-5-4-7-11(12)13;/h4-5,7,9,12,14H,6,8,10,17H2,1-3H3,(H,18,19);1H/t12?,14-;/m1./s1. The molecule has 0 aliphatic carbocycles. The molecule has 1 aliphatic rings. The van der Waals surface area contributed by atoms with Crippen molar-refractivity contribution in [3.63, 3.8) is 0 Å². The molecule has 21 heavy (non-hydrogen) atoms. The van der Waals surface area contributed by atoms with Gasteiger partial charge in [-0.1, -0.05) is 39.0 Å². The van der Waals surface area contributed by atoms with Crippen LogP contribution < -0.4 is 15.8 Å². The minimum absolute atomic E-state index is 0. The fraction of sp³-hybridized carbons (Fsp3) is 0.562. The average molecular weight is 313 g/mol. The number of para-hydroxylation sites is 1. The fourth-order valence-corrected chi connectivity index (χ4v) is 2.33. The molecular formula is C16H25ClN2O2. The molecule has 1 heterocycles. The van der Waals surface area contributed by atoms with Gasteiger partial charge < -0.3 is 15.8 Å². The van der Waals surface area contributed by atoms with E-state index in [0.29, 0.717) is 6.61 Å². The lowest BCUT2D eigenvalue weighted by molar-refractivity contribution is -0.125. The molecule has 5 heteroatoms. The van der Waals surface area contributed by atoms with Crippen molar-refractivity contribution in [2.24, 2.45) is 11.1 Å². The minimum atomic E-state index is -0.515. The van der Waals surface area contributed by atoms with Gasteiger partial charge in [0.2, 0.25) is 5.91 Å². The molecule has 1 aromatic rings. The van der Waals surface area contributed by atoms with E-state index >= 15 is 0 Å². The van der Waals surface area contributed by atoms with Crippen LogP contribution in [-0.2, 0) is 4.79 Å². The maximum Gasteiger partial charge on any atom is 0.237 e. The van der Waals surface area contributed by atoms with Gasteiger partial charge in [0.05, 0.1) is 18.7 Å². The molecule has 1 unspecified atom stereocenters. The normalized spacial score (nSPS) is 19.3. The summed E-state index contributed by atoms with van der Waals surface area (Å²) in [6, 6.07) is 7.34. The van der Waals surface area contributed by atoms with Crippen molar-refractivity contribution in [1.29, 1.82) is 0 Å². The summed E-state index contributed by atoms with van der Waals surface area (Å²) in [6.45, 7) is 6.61. The summed E-state index contributed by atoms with van der Waals surface area (Å²) in [7, 11) is 0. The molecule has 1 aromatic carbocycles. The van der Waals surface area contributed by atoms with Crippen LogP contribution in [0.3, 0.4) is 0 Å². The lowest BCUT2D eigenvalue weighted by Gasteiger charge is -2.28. The minimum Gasteiger partial charge on any atom is -0.493 e. The smallest absolute Gasteiger partial charge is 0.237 e. The highest BCUT2D eigenvalue weighted by Gasteiger charge is 2.30. The number of hydrogen-bond donors (Lipinski definition) is 2. The first-order valence-corrected chi connectivity index (χ1v) is 7.17. The number of carbonyl (C=O) groups excluding carboxylic acids is 1. The predicted molar refractivity (Wildman–Crippen MR) is 86.7 cm³/mol. The van der Waals surface area contributed by atoms with Crippen molar-refractivity contribution in [3.05, 3.63) is 29.8 Å². The van der Waals surface area contributed by atoms with Crippen LogP contribution in [0, 0.1) is 5.41 Å². The molecule has 0 bridgehead atoms. The van der Waals surface area contributed by atoms with Gasteiger partial charge in [-0.15, -0.1) is 12.4 Å². The number of amides is 1. The zero-order valence-corrected chi connectivity index (χ0v) is 13.7. The van der Waals surface area contributed by atoms with E-state index in [2.05, 4.69) is 5.32 Å². The van der Waals surface area contributed by atoms with Gasteiger partial charge in [0.1, 0.15) is 5.75 Å². The topological polar surface area (TPSA) is 64.4 Å². The zero-order chi connectivity index (χ0) is 14.8. The Morgan fingerprint density at radius 3 is 2.71 bits per heavy atom. The van der Waals surface area contributed by atoms with Crippen molar-refractivity contribution in [1.82, 2.24) is 5.32 Å². The van der Waals surface area contributed by atoms with E-state index in [1.807, 2.05) is 45.0 Å². The first kappa shape index (κ1) is 17.8. The third-order valence-electron chi connectivity index (χ3n) is 3.72. The van der Waals surface area contributed by atoms with Gasteiger partial charge in [0.15, 0.2) is 0 Å². The molecule has 3 N–H and O–H groups in total. The molecule has 1 amide bonds. The van der Waals surface area contributed by atoms with Crippen LogP contribution in [0.1, 0.15) is 45.2 Å². The summed E-state index contributed by atoms with van der Waals surface area (Å²) in [4.78, 5) is 12.3. The Morgan fingerprint density at radius 2 is 2.05 bits per heavy atom. The second-order valence-corrected chi connectivity index (χ2v) is 6.43. The Balaban J connectivity index is 0.00000220. The first-order valence-electron chi connectivity index (χ1n) is 7.17. The van der Waals surface area contributed by atoms with E-state index < -0.39 is 6.04 Å². The molecule has 1 aliphatic heterocycles. The highest BCUT2D eigenvalue weighted by Crippen LogP contribution is 2.31. The van der Waals surface area contributed by atoms with Gasteiger partial charge in [-0.25, -0.2) is 0 Å². The molecule has 0 spiro atoms. The third kappa shape index (κ3) is 4.35. The van der Waals surface area contributed by atoms with Crippen LogP contribution in [0.15, 0.2) is 24.3 Å². The van der Waals surface area contributed by atoms with E-state index in [1.165, 1.54) is 0 Å². The Labute approximate surface area is 132 Å². The number of rotatable bonds is 2. The van der Waals surface area contributed by atoms with E-state index in [9.17, 15) is 4.79 Å². The Hall–Kier alpha value is -1.26. The zero-order valence-electron chi connectivity index (χ0n) is 12.9. The van der Waals surface area contributed by atoms with Crippen molar-refractivity contribution in [2.75, 3.05) is 6.61 Å². The van der Waals surface area contributed by atoms with Crippen LogP contribution in [-0.4, -0.2) is 18.6 Å². The number of nitrogens with one attached hydrogen (secondary N) is 1. The number of hydrogen-bond acceptors (Lipinski definition) is 3. The SMILES string of the molecule is CC(C)(C)[C@H](N)C(=O)NC1CCCOc2ccccc21.Cl. The molecule has 2 rings (SSSR count). The van der Waals surface area contributed by atoms with E-state index in [0.717, 1.165) is 24.2 Å². The molecule has 0 saturated carbocycles. The third-order valence-corrected chi connectivity index (χ3v) is 3.72. The van der Waals surface area contributed by atoms with Gasteiger partial charge >= 0.3 is 0 Å². The molecule has 0 saturated heterocycles. The quantitative estimate of drug-likeness (QED) is 0.882. The number of benzene rings is 1. The first-order chi connectivity index (χ1) is 9.39. The van der Waals surface area contributed by atoms with Gasteiger partial charge in [-0.3, -0.25) is 4.79 Å². The van der Waals surface area contributed by atoms with Crippen molar-refractivity contribution >= 4 is 18.3 Å². The largest absolute Gasteiger partial charge is 0.493 e. The molecular weight excluding hydrogens is 288 g/mol. The summed E-state index contributed by atoms with van der Waals surface area (Å²) in [5.41, 5.74) is 6.82. The number of fused-ring (bicyclic) bond motifs is 1. The van der Waals surface area contributed by atoms with Crippen molar-refractivity contribution in [3.8, 4) is 5.75 Å². The van der Waals surface area contributed by atoms with Crippen LogP contribution in [0.25, 0.3) is 0 Å². The Bertz CT molecular complexity index is 485. The van der Waals surface area contributed by atoms with Crippen LogP contribution in [0.5, 0.6) is 5.75 Å². The molecule has 118 valence electrons. The second kappa shape index (κ2) is 7.14. The van der Waals surface area contributed by atoms with Crippen molar-refractivity contribution in [2.45, 2.75) is 45.7 Å². The van der Waals surface area contributed by atoms with Crippen LogP contribution in [0.2, 0.25) is 0 Å². The maximum absolute atomic E-state index is 12.3. The highest BCUT2D eigenvalue weighted by atomic mass is 35.5. The summed E-state index contributed by atoms with van der Waals surface area (Å²) in [5, 5.41) is 3.08. The van der Waals surface area contributed by atoms with E-state index in [1.54, 1.807) is 0 Å². The molecule has 0 radical (unpaired) electrons. The highest BCUT2D eigenvalue weighted by molar-refractivity contribution is 5.85. The lowest BCUT2D eigenvalue weighted by Crippen LogP contribution is -2.49. The monoisotopic (exact) mass is 312 g/mol. The van der Waals surface area contributed by atoms with Crippen molar-refractivity contribution < 1.29 is 9.53 Å². The summed E-state index contributed by atoms with van der Waals surface area (Å²) in [5.74, 6) is 0.763. The van der Waals surface area contributed by atoms with Crippen LogP contribution >= 0.6 is 12.4 Å². The average Bonchev–Trinajstić information content (AvgIpc) is 2.59. The summed E-state index contributed by atoms with van der Waals surface area (Å²) >= 11 is 0. The number of ether oxygens (including phenoxy) is 1. The van der Waals surface area contributed by atoms with E-state index in [4.69, 9.17) is 10.5 Å². The molecule has 4 nitrogen and oxygen atoms in total.